The summed E-state index contributed by atoms with van der Waals surface area (Å²) in [4.78, 5) is 11.7. The summed E-state index contributed by atoms with van der Waals surface area (Å²) in [6.07, 6.45) is 7.22. The maximum absolute atomic E-state index is 14.7. The van der Waals surface area contributed by atoms with Gasteiger partial charge < -0.3 is 9.72 Å². The number of nitrogens with one attached hydrogen (secondary N) is 1. The van der Waals surface area contributed by atoms with Crippen LogP contribution in [0.4, 0.5) is 8.78 Å². The lowest BCUT2D eigenvalue weighted by Crippen LogP contribution is -2.38. The Morgan fingerprint density at radius 2 is 2.03 bits per heavy atom. The Labute approximate surface area is 175 Å². The van der Waals surface area contributed by atoms with Gasteiger partial charge in [0.15, 0.2) is 17.4 Å². The van der Waals surface area contributed by atoms with Crippen molar-refractivity contribution in [2.75, 3.05) is 12.3 Å². The lowest BCUT2D eigenvalue weighted by atomic mass is 9.70. The Morgan fingerprint density at radius 1 is 1.24 bits per heavy atom. The van der Waals surface area contributed by atoms with Gasteiger partial charge in [0.05, 0.1) is 15.5 Å². The zero-order chi connectivity index (χ0) is 20.0. The quantitative estimate of drug-likeness (QED) is 0.537. The first kappa shape index (κ1) is 18.9. The number of aliphatic imine (C=N–C) groups is 1. The summed E-state index contributed by atoms with van der Waals surface area (Å²) >= 11 is 7.85. The van der Waals surface area contributed by atoms with Crippen LogP contribution in [0.3, 0.4) is 0 Å². The van der Waals surface area contributed by atoms with Crippen LogP contribution in [0.25, 0.3) is 11.0 Å². The molecule has 1 aliphatic carbocycles. The van der Waals surface area contributed by atoms with Gasteiger partial charge in [-0.2, -0.15) is 0 Å². The van der Waals surface area contributed by atoms with Gasteiger partial charge in [0.25, 0.3) is 0 Å². The van der Waals surface area contributed by atoms with Gasteiger partial charge in [-0.3, -0.25) is 4.99 Å². The number of hydrogen-bond acceptors (Lipinski definition) is 4. The third-order valence-electron chi connectivity index (χ3n) is 5.66. The third kappa shape index (κ3) is 3.51. The molecule has 1 aromatic carbocycles. The second-order valence-corrected chi connectivity index (χ2v) is 9.14. The Bertz CT molecular complexity index is 1100. The van der Waals surface area contributed by atoms with Crippen molar-refractivity contribution in [1.82, 2.24) is 9.97 Å². The van der Waals surface area contributed by atoms with E-state index >= 15 is 0 Å². The van der Waals surface area contributed by atoms with Gasteiger partial charge in [-0.15, -0.1) is 11.8 Å². The summed E-state index contributed by atoms with van der Waals surface area (Å²) in [5, 5.41) is 1.79. The molecule has 1 saturated carbocycles. The lowest BCUT2D eigenvalue weighted by molar-refractivity contribution is 0.179. The second-order valence-electron chi connectivity index (χ2n) is 7.69. The van der Waals surface area contributed by atoms with E-state index in [9.17, 15) is 8.78 Å². The maximum Gasteiger partial charge on any atom is 0.198 e. The molecule has 3 heterocycles. The Hall–Kier alpha value is -2.12. The predicted octanol–water partition coefficient (Wildman–Crippen LogP) is 6.14. The van der Waals surface area contributed by atoms with E-state index in [-0.39, 0.29) is 5.75 Å². The minimum Gasteiger partial charge on any atom is -0.450 e. The van der Waals surface area contributed by atoms with Crippen LogP contribution < -0.4 is 4.74 Å². The minimum atomic E-state index is -0.756. The van der Waals surface area contributed by atoms with E-state index < -0.39 is 17.4 Å². The molecule has 8 heteroatoms. The molecule has 150 valence electrons. The molecule has 1 N–H and O–H groups in total. The van der Waals surface area contributed by atoms with Crippen molar-refractivity contribution in [3.8, 4) is 11.5 Å². The SMILES string of the molecule is Fc1cc(CC2=NCC3(CCC3)CS2)cc(F)c1Oc1ccnc2[nH]cc(Cl)c12. The molecular formula is C21H18ClF2N3OS. The van der Waals surface area contributed by atoms with Crippen molar-refractivity contribution in [2.24, 2.45) is 10.4 Å². The van der Waals surface area contributed by atoms with E-state index in [0.29, 0.717) is 33.5 Å². The number of thioether (sulfide) groups is 1. The zero-order valence-electron chi connectivity index (χ0n) is 15.5. The first-order chi connectivity index (χ1) is 14.0. The van der Waals surface area contributed by atoms with E-state index in [4.69, 9.17) is 16.3 Å². The molecule has 2 aromatic heterocycles. The molecule has 1 fully saturated rings. The molecule has 3 aromatic rings. The molecule has 0 unspecified atom stereocenters. The highest BCUT2D eigenvalue weighted by Crippen LogP contribution is 2.46. The topological polar surface area (TPSA) is 50.3 Å². The number of hydrogen-bond donors (Lipinski definition) is 1. The van der Waals surface area contributed by atoms with Crippen LogP contribution in [0.2, 0.25) is 5.02 Å². The molecular weight excluding hydrogens is 416 g/mol. The lowest BCUT2D eigenvalue weighted by Gasteiger charge is -2.42. The van der Waals surface area contributed by atoms with Crippen molar-refractivity contribution in [3.63, 3.8) is 0 Å². The zero-order valence-corrected chi connectivity index (χ0v) is 17.0. The van der Waals surface area contributed by atoms with Crippen molar-refractivity contribution in [1.29, 1.82) is 0 Å². The fraction of sp³-hybridized carbons (Fsp3) is 0.333. The van der Waals surface area contributed by atoms with Crippen LogP contribution in [0.5, 0.6) is 11.5 Å². The number of H-pyrrole nitrogens is 1. The number of halogens is 3. The largest absolute Gasteiger partial charge is 0.450 e. The highest BCUT2D eigenvalue weighted by atomic mass is 35.5. The predicted molar refractivity (Wildman–Crippen MR) is 112 cm³/mol. The number of aromatic amines is 1. The van der Waals surface area contributed by atoms with Crippen molar-refractivity contribution >= 4 is 39.4 Å². The molecule has 0 radical (unpaired) electrons. The van der Waals surface area contributed by atoms with E-state index in [1.165, 1.54) is 43.7 Å². The first-order valence-corrected chi connectivity index (χ1v) is 10.8. The van der Waals surface area contributed by atoms with Gasteiger partial charge in [-0.05, 0) is 42.0 Å². The van der Waals surface area contributed by atoms with Gasteiger partial charge in [0.1, 0.15) is 11.4 Å². The minimum absolute atomic E-state index is 0.241. The molecule has 0 amide bonds. The molecule has 0 atom stereocenters. The summed E-state index contributed by atoms with van der Waals surface area (Å²) in [6.45, 7) is 0.830. The van der Waals surface area contributed by atoms with E-state index in [0.717, 1.165) is 17.3 Å². The monoisotopic (exact) mass is 433 g/mol. The van der Waals surface area contributed by atoms with Gasteiger partial charge in [-0.25, -0.2) is 13.8 Å². The molecule has 0 saturated heterocycles. The van der Waals surface area contributed by atoms with E-state index in [1.807, 2.05) is 0 Å². The van der Waals surface area contributed by atoms with Crippen LogP contribution >= 0.6 is 23.4 Å². The fourth-order valence-electron chi connectivity index (χ4n) is 3.84. The number of benzene rings is 1. The average molecular weight is 434 g/mol. The Balaban J connectivity index is 1.38. The Morgan fingerprint density at radius 3 is 2.69 bits per heavy atom. The average Bonchev–Trinajstić information content (AvgIpc) is 3.06. The van der Waals surface area contributed by atoms with Crippen molar-refractivity contribution in [3.05, 3.63) is 52.8 Å². The number of ether oxygens (including phenoxy) is 1. The first-order valence-electron chi connectivity index (χ1n) is 9.47. The van der Waals surface area contributed by atoms with Crippen LogP contribution in [0.15, 0.2) is 35.6 Å². The van der Waals surface area contributed by atoms with Gasteiger partial charge in [0, 0.05) is 31.1 Å². The van der Waals surface area contributed by atoms with Crippen molar-refractivity contribution < 1.29 is 13.5 Å². The summed E-state index contributed by atoms with van der Waals surface area (Å²) in [6, 6.07) is 4.15. The normalized spacial score (nSPS) is 18.0. The van der Waals surface area contributed by atoms with Crippen LogP contribution in [-0.4, -0.2) is 27.3 Å². The Kier molecular flexibility index (Phi) is 4.75. The second kappa shape index (κ2) is 7.29. The van der Waals surface area contributed by atoms with Gasteiger partial charge >= 0.3 is 0 Å². The molecule has 5 rings (SSSR count). The fourth-order valence-corrected chi connectivity index (χ4v) is 5.35. The summed E-state index contributed by atoms with van der Waals surface area (Å²) in [5.41, 5.74) is 1.40. The number of pyridine rings is 1. The molecule has 2 aliphatic rings. The summed E-state index contributed by atoms with van der Waals surface area (Å²) in [5.74, 6) is -0.676. The van der Waals surface area contributed by atoms with Crippen LogP contribution in [0.1, 0.15) is 24.8 Å². The third-order valence-corrected chi connectivity index (χ3v) is 7.32. The summed E-state index contributed by atoms with van der Waals surface area (Å²) < 4.78 is 34.9. The number of fused-ring (bicyclic) bond motifs is 1. The summed E-state index contributed by atoms with van der Waals surface area (Å²) in [7, 11) is 0. The number of nitrogens with zero attached hydrogens (tertiary/aromatic N) is 2. The smallest absolute Gasteiger partial charge is 0.198 e. The molecule has 4 nitrogen and oxygen atoms in total. The van der Waals surface area contributed by atoms with E-state index in [1.54, 1.807) is 18.0 Å². The molecule has 29 heavy (non-hydrogen) atoms. The van der Waals surface area contributed by atoms with Gasteiger partial charge in [0.2, 0.25) is 0 Å². The molecule has 1 spiro atoms. The van der Waals surface area contributed by atoms with Crippen molar-refractivity contribution in [2.45, 2.75) is 25.7 Å². The standard InChI is InChI=1S/C21H18ClF2N3OS/c22-13-9-26-20-18(13)16(2-5-25-20)28-19-14(23)6-12(7-15(19)24)8-17-27-10-21(11-29-17)3-1-4-21/h2,5-7,9H,1,3-4,8,10-11H2,(H,25,26). The van der Waals surface area contributed by atoms with E-state index in [2.05, 4.69) is 15.0 Å². The highest BCUT2D eigenvalue weighted by molar-refractivity contribution is 8.14. The van der Waals surface area contributed by atoms with Crippen LogP contribution in [0, 0.1) is 17.0 Å². The highest BCUT2D eigenvalue weighted by Gasteiger charge is 2.39. The van der Waals surface area contributed by atoms with Gasteiger partial charge in [-0.1, -0.05) is 18.0 Å². The molecule has 1 aliphatic heterocycles. The number of rotatable bonds is 4. The number of aromatic nitrogens is 2. The molecule has 0 bridgehead atoms. The maximum atomic E-state index is 14.7. The van der Waals surface area contributed by atoms with Crippen LogP contribution in [-0.2, 0) is 6.42 Å².